The number of benzene rings is 1. The monoisotopic (exact) mass is 963 g/mol. The van der Waals surface area contributed by atoms with E-state index in [1.54, 1.807) is 6.20 Å². The molecule has 0 spiro atoms. The van der Waals surface area contributed by atoms with Crippen LogP contribution in [0.25, 0.3) is 66.1 Å². The van der Waals surface area contributed by atoms with Crippen LogP contribution in [0.1, 0.15) is 223 Å². The molecule has 4 fully saturated rings. The van der Waals surface area contributed by atoms with Crippen molar-refractivity contribution in [1.29, 1.82) is 0 Å². The summed E-state index contributed by atoms with van der Waals surface area (Å²) >= 11 is 0. The van der Waals surface area contributed by atoms with Gasteiger partial charge in [-0.25, -0.2) is 9.97 Å². The number of allylic oxidation sites excluding steroid dienone is 6. The van der Waals surface area contributed by atoms with E-state index in [0.29, 0.717) is 17.8 Å². The standard InChI is InChI=1S/C52H62N4.C5H10N.C5H6N.Fe/c1-29-30(2)46-42(38-23-15-10-16-24-38)48-33(5)34(6)50(55-48)44(40-27-19-12-20-28-40)52-36(8)35(7)51(56-52)43(39-25-17-11-18-26-39)49-32(4)31(3)47(54-49)41(45(29)53-46)37-21-13-9-14-22-37;2*1-2-4-6-5-3-1;/h9,13-14,21-22,38-40H,10-12,15-20,23-28H2,1-8H3;1-5H2;1-4H,5H2;/q-2;2*-1;+5. The minimum atomic E-state index is 0. The van der Waals surface area contributed by atoms with Crippen molar-refractivity contribution in [3.63, 3.8) is 0 Å². The quantitative estimate of drug-likeness (QED) is 0.191. The van der Waals surface area contributed by atoms with Crippen molar-refractivity contribution in [1.82, 2.24) is 19.9 Å². The third kappa shape index (κ3) is 10.5. The van der Waals surface area contributed by atoms with E-state index >= 15 is 0 Å². The number of aryl methyl sites for hydroxylation is 4. The van der Waals surface area contributed by atoms with Gasteiger partial charge < -0.3 is 20.6 Å². The van der Waals surface area contributed by atoms with Gasteiger partial charge in [0.1, 0.15) is 0 Å². The van der Waals surface area contributed by atoms with E-state index in [-0.39, 0.29) is 17.1 Å². The van der Waals surface area contributed by atoms with Gasteiger partial charge in [-0.05, 0) is 162 Å². The van der Waals surface area contributed by atoms with Crippen LogP contribution < -0.4 is 9.97 Å². The van der Waals surface area contributed by atoms with E-state index in [1.165, 1.54) is 205 Å². The summed E-state index contributed by atoms with van der Waals surface area (Å²) in [6, 6.07) is 11.0. The van der Waals surface area contributed by atoms with Gasteiger partial charge in [0.05, 0.1) is 22.8 Å². The first-order chi connectivity index (χ1) is 33.2. The molecule has 0 unspecified atom stereocenters. The van der Waals surface area contributed by atoms with Crippen molar-refractivity contribution in [2.75, 3.05) is 19.6 Å². The largest absolute Gasteiger partial charge is 5.00 e. The van der Waals surface area contributed by atoms with Crippen molar-refractivity contribution in [2.24, 2.45) is 0 Å². The first-order valence-corrected chi connectivity index (χ1v) is 26.9. The topological polar surface area (TPSA) is 82.2 Å². The van der Waals surface area contributed by atoms with Gasteiger partial charge >= 0.3 is 17.1 Å². The van der Waals surface area contributed by atoms with Gasteiger partial charge in [-0.15, -0.1) is 47.8 Å². The van der Waals surface area contributed by atoms with Crippen LogP contribution in [0.5, 0.6) is 0 Å². The average Bonchev–Trinajstić information content (AvgIpc) is 4.05. The molecule has 1 radical (unpaired) electrons. The van der Waals surface area contributed by atoms with Gasteiger partial charge in [-0.2, -0.15) is 6.20 Å². The van der Waals surface area contributed by atoms with Gasteiger partial charge in [0.2, 0.25) is 0 Å². The van der Waals surface area contributed by atoms with E-state index in [0.717, 1.165) is 47.6 Å². The van der Waals surface area contributed by atoms with Crippen LogP contribution in [0.4, 0.5) is 0 Å². The number of piperidine rings is 1. The number of aromatic nitrogens is 4. The van der Waals surface area contributed by atoms with Crippen molar-refractivity contribution in [3.05, 3.63) is 127 Å². The molecule has 8 bridgehead atoms. The second kappa shape index (κ2) is 23.2. The molecule has 1 aromatic carbocycles. The third-order valence-electron chi connectivity index (χ3n) is 16.9. The van der Waals surface area contributed by atoms with Crippen molar-refractivity contribution in [3.8, 4) is 11.1 Å². The molecule has 0 amide bonds. The second-order valence-corrected chi connectivity index (χ2v) is 21.1. The molecule has 363 valence electrons. The third-order valence-corrected chi connectivity index (χ3v) is 16.9. The number of nitrogens with zero attached hydrogens (tertiary/aromatic N) is 6. The summed E-state index contributed by atoms with van der Waals surface area (Å²) in [7, 11) is 0. The molecule has 3 aromatic heterocycles. The van der Waals surface area contributed by atoms with Crippen LogP contribution in [0, 0.1) is 27.7 Å². The Morgan fingerprint density at radius 3 is 1.17 bits per heavy atom. The number of fused-ring (bicyclic) bond motifs is 8. The minimum Gasteiger partial charge on any atom is -0.687 e. The van der Waals surface area contributed by atoms with Crippen LogP contribution in [0.3, 0.4) is 0 Å². The predicted molar refractivity (Wildman–Crippen MR) is 291 cm³/mol. The number of rotatable bonds is 4. The van der Waals surface area contributed by atoms with Crippen molar-refractivity contribution >= 4 is 44.4 Å². The van der Waals surface area contributed by atoms with E-state index in [4.69, 9.17) is 19.9 Å². The Balaban J connectivity index is 0.000000432. The summed E-state index contributed by atoms with van der Waals surface area (Å²) in [5.41, 5.74) is 26.2. The molecule has 4 aromatic rings. The Hall–Kier alpha value is -4.42. The molecule has 11 rings (SSSR count). The summed E-state index contributed by atoms with van der Waals surface area (Å²) in [5.74, 6) is 1.34. The Morgan fingerprint density at radius 1 is 0.435 bits per heavy atom. The maximum absolute atomic E-state index is 5.91. The zero-order valence-electron chi connectivity index (χ0n) is 43.3. The van der Waals surface area contributed by atoms with Crippen LogP contribution in [0.15, 0.2) is 54.8 Å². The van der Waals surface area contributed by atoms with Crippen LogP contribution in [-0.4, -0.2) is 29.6 Å². The fourth-order valence-electron chi connectivity index (χ4n) is 12.4. The van der Waals surface area contributed by atoms with E-state index in [2.05, 4.69) is 96.4 Å². The van der Waals surface area contributed by atoms with E-state index < -0.39 is 0 Å². The molecular formula is C62H78FeN6+. The van der Waals surface area contributed by atoms with Crippen LogP contribution in [-0.2, 0) is 17.1 Å². The first-order valence-electron chi connectivity index (χ1n) is 26.9. The van der Waals surface area contributed by atoms with E-state index in [1.807, 2.05) is 18.2 Å². The normalized spacial score (nSPS) is 19.1. The first kappa shape index (κ1) is 51.0. The van der Waals surface area contributed by atoms with Gasteiger partial charge in [-0.3, -0.25) is 0 Å². The molecular weight excluding hydrogens is 885 g/mol. The summed E-state index contributed by atoms with van der Waals surface area (Å²) in [6.07, 6.45) is 30.6. The molecule has 3 aliphatic carbocycles. The predicted octanol–water partition coefficient (Wildman–Crippen LogP) is 17.5. The molecule has 0 atom stereocenters. The molecule has 4 aliphatic heterocycles. The summed E-state index contributed by atoms with van der Waals surface area (Å²) in [6.45, 7) is 21.8. The Kier molecular flexibility index (Phi) is 17.1. The maximum Gasteiger partial charge on any atom is 5.00 e. The number of hydrogen-bond acceptors (Lipinski definition) is 2. The van der Waals surface area contributed by atoms with Crippen LogP contribution in [0.2, 0.25) is 0 Å². The molecule has 7 heteroatoms. The van der Waals surface area contributed by atoms with Gasteiger partial charge in [0.15, 0.2) is 0 Å². The maximum atomic E-state index is 5.91. The average molecular weight is 963 g/mol. The van der Waals surface area contributed by atoms with E-state index in [9.17, 15) is 0 Å². The smallest absolute Gasteiger partial charge is 0.687 e. The molecule has 69 heavy (non-hydrogen) atoms. The summed E-state index contributed by atoms with van der Waals surface area (Å²) < 4.78 is 0. The zero-order valence-corrected chi connectivity index (χ0v) is 44.4. The summed E-state index contributed by atoms with van der Waals surface area (Å²) in [5, 5.41) is 8.09. The fourth-order valence-corrected chi connectivity index (χ4v) is 12.4. The summed E-state index contributed by atoms with van der Waals surface area (Å²) in [4.78, 5) is 23.5. The SMILES string of the molecule is C1=CC[N-]C=C1.C1CC[N-]CC1.CC1=C(C)c2nc1c(-c1ccccc1)c1[n-]c(c(C)c1C)c(C1CCCCC1)c1nc(c(C3CCCCC3)c3[n-]c(c(C)c3C)c2C2CCCCC2)C(C)=C1C.[Fe+5]. The Labute approximate surface area is 425 Å². The Morgan fingerprint density at radius 2 is 0.826 bits per heavy atom. The molecule has 3 saturated carbocycles. The van der Waals surface area contributed by atoms with Crippen molar-refractivity contribution in [2.45, 2.75) is 189 Å². The second-order valence-electron chi connectivity index (χ2n) is 21.1. The zero-order chi connectivity index (χ0) is 47.3. The molecule has 1 saturated heterocycles. The molecule has 0 N–H and O–H groups in total. The minimum absolute atomic E-state index is 0. The van der Waals surface area contributed by atoms with Crippen LogP contribution >= 0.6 is 0 Å². The molecule has 6 nitrogen and oxygen atoms in total. The fraction of sp³-hybridized carbons (Fsp3) is 0.516. The van der Waals surface area contributed by atoms with Gasteiger partial charge in [0.25, 0.3) is 0 Å². The van der Waals surface area contributed by atoms with Gasteiger partial charge in [0, 0.05) is 0 Å². The Bertz CT molecular complexity index is 2720. The van der Waals surface area contributed by atoms with Gasteiger partial charge in [-0.1, -0.05) is 142 Å². The number of hydrogen-bond donors (Lipinski definition) is 0. The molecule has 7 aliphatic rings. The van der Waals surface area contributed by atoms with Crippen molar-refractivity contribution < 1.29 is 17.1 Å². The molecule has 7 heterocycles.